The maximum Gasteiger partial charge on any atom is 0.408 e. The number of hydrogen-bond acceptors (Lipinski definition) is 6. The lowest BCUT2D eigenvalue weighted by molar-refractivity contribution is -0.120. The maximum atomic E-state index is 13.1. The van der Waals surface area contributed by atoms with Crippen LogP contribution in [0.4, 0.5) is 10.5 Å². The molecule has 36 heavy (non-hydrogen) atoms. The van der Waals surface area contributed by atoms with E-state index in [-0.39, 0.29) is 29.0 Å². The summed E-state index contributed by atoms with van der Waals surface area (Å²) >= 11 is 0. The van der Waals surface area contributed by atoms with Crippen LogP contribution < -0.4 is 5.32 Å². The van der Waals surface area contributed by atoms with Gasteiger partial charge >= 0.3 is 6.09 Å². The molecule has 0 unspecified atom stereocenters. The average molecular weight is 486 g/mol. The number of nitrogens with zero attached hydrogens (tertiary/aromatic N) is 2. The van der Waals surface area contributed by atoms with Crippen LogP contribution in [0.1, 0.15) is 26.3 Å². The van der Waals surface area contributed by atoms with Gasteiger partial charge in [-0.15, -0.1) is 10.2 Å². The summed E-state index contributed by atoms with van der Waals surface area (Å²) in [5.41, 5.74) is 0.286. The molecule has 0 aliphatic rings. The van der Waals surface area contributed by atoms with Gasteiger partial charge in [0.05, 0.1) is 11.1 Å². The zero-order chi connectivity index (χ0) is 25.9. The first-order chi connectivity index (χ1) is 17.1. The summed E-state index contributed by atoms with van der Waals surface area (Å²) in [5, 5.41) is 33.9. The molecule has 0 fully saturated rings. The Morgan fingerprint density at radius 2 is 1.47 bits per heavy atom. The Hall–Kier alpha value is -4.46. The number of aromatic hydroxyl groups is 2. The minimum absolute atomic E-state index is 0.00433. The summed E-state index contributed by atoms with van der Waals surface area (Å²) in [7, 11) is 0. The molecule has 1 atom stereocenters. The molecule has 4 rings (SSSR count). The monoisotopic (exact) mass is 485 g/mol. The highest BCUT2D eigenvalue weighted by Crippen LogP contribution is 2.45. The summed E-state index contributed by atoms with van der Waals surface area (Å²) in [5.74, 6) is -0.769. The normalized spacial score (nSPS) is 12.6. The quantitative estimate of drug-likeness (QED) is 0.178. The van der Waals surface area contributed by atoms with Gasteiger partial charge in [0.2, 0.25) is 0 Å². The SMILES string of the molecule is CC(C)(C)OC(=O)N[C@@H](Cc1ccccc1)C(=O)N=Nc1cccc2c(O)c3ccccc3c(O)c12. The maximum absolute atomic E-state index is 13.1. The molecular formula is C28H27N3O5. The zero-order valence-electron chi connectivity index (χ0n) is 20.2. The van der Waals surface area contributed by atoms with E-state index in [9.17, 15) is 19.8 Å². The Labute approximate surface area is 208 Å². The number of fused-ring (bicyclic) bond motifs is 2. The number of nitrogens with one attached hydrogen (secondary N) is 1. The molecule has 4 aromatic carbocycles. The fraction of sp³-hybridized carbons (Fsp3) is 0.214. The highest BCUT2D eigenvalue weighted by atomic mass is 16.6. The average Bonchev–Trinajstić information content (AvgIpc) is 2.84. The molecule has 8 heteroatoms. The number of alkyl carbamates (subject to hydrolysis) is 1. The van der Waals surface area contributed by atoms with E-state index in [1.807, 2.05) is 30.3 Å². The predicted octanol–water partition coefficient (Wildman–Crippen LogP) is 6.15. The number of carbonyl (C=O) groups excluding carboxylic acids is 2. The first-order valence-corrected chi connectivity index (χ1v) is 11.5. The molecule has 3 N–H and O–H groups in total. The standard InChI is InChI=1S/C28H27N3O5/c1-28(2,3)36-27(35)29-22(16-17-10-5-4-6-11-17)26(34)31-30-21-15-9-14-20-23(21)25(33)19-13-8-7-12-18(19)24(20)32/h4-15,22,32-33H,16H2,1-3H3,(H,29,35)/t22-/m0/s1. The highest BCUT2D eigenvalue weighted by molar-refractivity contribution is 6.14. The zero-order valence-corrected chi connectivity index (χ0v) is 20.2. The van der Waals surface area contributed by atoms with Crippen molar-refractivity contribution in [3.8, 4) is 11.5 Å². The summed E-state index contributed by atoms with van der Waals surface area (Å²) in [4.78, 5) is 25.5. The molecule has 0 radical (unpaired) electrons. The Balaban J connectivity index is 1.68. The number of amides is 2. The van der Waals surface area contributed by atoms with Gasteiger partial charge < -0.3 is 20.3 Å². The number of ether oxygens (including phenoxy) is 1. The Morgan fingerprint density at radius 3 is 2.14 bits per heavy atom. The van der Waals surface area contributed by atoms with Gasteiger partial charge in [-0.2, -0.15) is 0 Å². The van der Waals surface area contributed by atoms with Crippen molar-refractivity contribution in [2.75, 3.05) is 0 Å². The minimum atomic E-state index is -1.02. The number of phenolic OH excluding ortho intramolecular Hbond substituents is 2. The number of hydrogen-bond donors (Lipinski definition) is 3. The third kappa shape index (κ3) is 5.43. The van der Waals surface area contributed by atoms with E-state index in [2.05, 4.69) is 15.5 Å². The van der Waals surface area contributed by atoms with Crippen molar-refractivity contribution < 1.29 is 24.5 Å². The van der Waals surface area contributed by atoms with Crippen molar-refractivity contribution in [2.24, 2.45) is 10.2 Å². The largest absolute Gasteiger partial charge is 0.507 e. The van der Waals surface area contributed by atoms with Crippen LogP contribution >= 0.6 is 0 Å². The molecule has 0 saturated carbocycles. The van der Waals surface area contributed by atoms with Crippen LogP contribution in [-0.4, -0.2) is 33.9 Å². The second-order valence-corrected chi connectivity index (χ2v) is 9.37. The van der Waals surface area contributed by atoms with Crippen LogP contribution in [0.15, 0.2) is 83.0 Å². The first-order valence-electron chi connectivity index (χ1n) is 11.5. The van der Waals surface area contributed by atoms with Crippen molar-refractivity contribution >= 4 is 39.2 Å². The van der Waals surface area contributed by atoms with Crippen molar-refractivity contribution in [1.82, 2.24) is 5.32 Å². The Morgan fingerprint density at radius 1 is 0.861 bits per heavy atom. The molecule has 0 heterocycles. The first kappa shape index (κ1) is 24.7. The van der Waals surface area contributed by atoms with Crippen molar-refractivity contribution in [3.05, 3.63) is 78.4 Å². The second-order valence-electron chi connectivity index (χ2n) is 9.37. The van der Waals surface area contributed by atoms with Crippen LogP contribution in [-0.2, 0) is 16.0 Å². The molecule has 2 amide bonds. The lowest BCUT2D eigenvalue weighted by atomic mass is 9.99. The van der Waals surface area contributed by atoms with E-state index in [1.54, 1.807) is 63.2 Å². The summed E-state index contributed by atoms with van der Waals surface area (Å²) in [6, 6.07) is 20.0. The van der Waals surface area contributed by atoms with E-state index in [0.29, 0.717) is 16.2 Å². The fourth-order valence-electron chi connectivity index (χ4n) is 3.92. The van der Waals surface area contributed by atoms with Gasteiger partial charge in [-0.25, -0.2) is 4.79 Å². The number of rotatable bonds is 5. The van der Waals surface area contributed by atoms with Gasteiger partial charge in [-0.05, 0) is 32.4 Å². The molecule has 0 saturated heterocycles. The number of azo groups is 1. The molecular weight excluding hydrogens is 458 g/mol. The summed E-state index contributed by atoms with van der Waals surface area (Å²) in [6.07, 6.45) is -0.560. The van der Waals surface area contributed by atoms with Gasteiger partial charge in [0.1, 0.15) is 23.1 Å². The third-order valence-electron chi connectivity index (χ3n) is 5.50. The van der Waals surface area contributed by atoms with E-state index >= 15 is 0 Å². The van der Waals surface area contributed by atoms with Crippen molar-refractivity contribution in [1.29, 1.82) is 0 Å². The van der Waals surface area contributed by atoms with Crippen LogP contribution in [0.25, 0.3) is 21.5 Å². The molecule has 0 aromatic heterocycles. The number of carbonyl (C=O) groups is 2. The van der Waals surface area contributed by atoms with E-state index in [0.717, 1.165) is 5.56 Å². The molecule has 184 valence electrons. The van der Waals surface area contributed by atoms with Crippen LogP contribution in [0.2, 0.25) is 0 Å². The highest BCUT2D eigenvalue weighted by Gasteiger charge is 2.25. The van der Waals surface area contributed by atoms with Gasteiger partial charge in [0.25, 0.3) is 5.91 Å². The van der Waals surface area contributed by atoms with Crippen LogP contribution in [0, 0.1) is 0 Å². The van der Waals surface area contributed by atoms with E-state index in [1.165, 1.54) is 0 Å². The number of benzene rings is 4. The van der Waals surface area contributed by atoms with Crippen molar-refractivity contribution in [2.45, 2.75) is 38.8 Å². The lowest BCUT2D eigenvalue weighted by Gasteiger charge is -2.22. The molecule has 0 bridgehead atoms. The molecule has 8 nitrogen and oxygen atoms in total. The summed E-state index contributed by atoms with van der Waals surface area (Å²) < 4.78 is 5.31. The van der Waals surface area contributed by atoms with E-state index in [4.69, 9.17) is 4.74 Å². The second kappa shape index (κ2) is 10.0. The van der Waals surface area contributed by atoms with Gasteiger partial charge in [0, 0.05) is 22.6 Å². The topological polar surface area (TPSA) is 121 Å². The molecule has 0 spiro atoms. The molecule has 0 aliphatic heterocycles. The lowest BCUT2D eigenvalue weighted by Crippen LogP contribution is -2.44. The van der Waals surface area contributed by atoms with Gasteiger partial charge in [-0.1, -0.05) is 66.7 Å². The predicted molar refractivity (Wildman–Crippen MR) is 138 cm³/mol. The third-order valence-corrected chi connectivity index (χ3v) is 5.50. The minimum Gasteiger partial charge on any atom is -0.507 e. The smallest absolute Gasteiger partial charge is 0.408 e. The molecule has 4 aromatic rings. The summed E-state index contributed by atoms with van der Waals surface area (Å²) in [6.45, 7) is 5.19. The molecule has 0 aliphatic carbocycles. The van der Waals surface area contributed by atoms with Crippen LogP contribution in [0.3, 0.4) is 0 Å². The van der Waals surface area contributed by atoms with Gasteiger partial charge in [0.15, 0.2) is 0 Å². The Bertz CT molecular complexity index is 1460. The van der Waals surface area contributed by atoms with E-state index < -0.39 is 23.6 Å². The number of phenols is 2. The van der Waals surface area contributed by atoms with Crippen LogP contribution in [0.5, 0.6) is 11.5 Å². The fourth-order valence-corrected chi connectivity index (χ4v) is 3.92. The van der Waals surface area contributed by atoms with Crippen molar-refractivity contribution in [3.63, 3.8) is 0 Å². The van der Waals surface area contributed by atoms with Gasteiger partial charge in [-0.3, -0.25) is 4.79 Å². The Kier molecular flexibility index (Phi) is 6.87.